The van der Waals surface area contributed by atoms with Crippen molar-refractivity contribution in [1.82, 2.24) is 10.2 Å². The molecule has 0 saturated heterocycles. The largest absolute Gasteiger partial charge is 0.417 e. The van der Waals surface area contributed by atoms with Crippen molar-refractivity contribution in [2.75, 3.05) is 5.75 Å². The van der Waals surface area contributed by atoms with Gasteiger partial charge in [-0.1, -0.05) is 0 Å². The molecule has 5 nitrogen and oxygen atoms in total. The molecule has 6 heteroatoms. The number of aromatic nitrogens is 2. The number of rotatable bonds is 3. The molecule has 1 aromatic rings. The first-order valence-corrected chi connectivity index (χ1v) is 3.56. The average Bonchev–Trinajstić information content (AvgIpc) is 2.50. The second kappa shape index (κ2) is 3.49. The third kappa shape index (κ3) is 1.78. The van der Waals surface area contributed by atoms with Crippen molar-refractivity contribution >= 4 is 18.9 Å². The molecule has 0 fully saturated rings. The molecular weight excluding hydrogens is 166 g/mol. The average molecular weight is 173 g/mol. The summed E-state index contributed by atoms with van der Waals surface area (Å²) in [6.07, 6.45) is 0.474. The maximum Gasteiger partial charge on any atom is 0.280 e. The van der Waals surface area contributed by atoms with Gasteiger partial charge in [0.2, 0.25) is 12.2 Å². The third-order valence-corrected chi connectivity index (χ3v) is 1.46. The van der Waals surface area contributed by atoms with Crippen LogP contribution in [0.5, 0.6) is 0 Å². The summed E-state index contributed by atoms with van der Waals surface area (Å²) in [6, 6.07) is -0.403. The number of aldehydes is 1. The van der Waals surface area contributed by atoms with Gasteiger partial charge >= 0.3 is 0 Å². The first kappa shape index (κ1) is 8.22. The minimum atomic E-state index is -0.403. The zero-order valence-corrected chi connectivity index (χ0v) is 6.49. The van der Waals surface area contributed by atoms with Gasteiger partial charge < -0.3 is 10.2 Å². The van der Waals surface area contributed by atoms with Gasteiger partial charge in [-0.2, -0.15) is 12.6 Å². The summed E-state index contributed by atoms with van der Waals surface area (Å²) in [5.41, 5.74) is 5.47. The van der Waals surface area contributed by atoms with Crippen LogP contribution in [0.1, 0.15) is 22.6 Å². The van der Waals surface area contributed by atoms with E-state index in [2.05, 4.69) is 22.8 Å². The third-order valence-electron chi connectivity index (χ3n) is 1.07. The lowest BCUT2D eigenvalue weighted by Crippen LogP contribution is -2.11. The molecule has 60 valence electrons. The fourth-order valence-electron chi connectivity index (χ4n) is 0.522. The van der Waals surface area contributed by atoms with Gasteiger partial charge in [0.1, 0.15) is 0 Å². The molecule has 0 aliphatic rings. The van der Waals surface area contributed by atoms with E-state index >= 15 is 0 Å². The molecule has 2 N–H and O–H groups in total. The number of thiol groups is 1. The minimum absolute atomic E-state index is 0.0581. The van der Waals surface area contributed by atoms with Gasteiger partial charge in [0.05, 0.1) is 6.04 Å². The number of nitrogens with zero attached hydrogens (tertiary/aromatic N) is 2. The Morgan fingerprint density at radius 1 is 1.73 bits per heavy atom. The van der Waals surface area contributed by atoms with Crippen LogP contribution in [-0.4, -0.2) is 22.2 Å². The van der Waals surface area contributed by atoms with Crippen LogP contribution in [0.4, 0.5) is 0 Å². The van der Waals surface area contributed by atoms with E-state index < -0.39 is 6.04 Å². The van der Waals surface area contributed by atoms with E-state index in [1.54, 1.807) is 0 Å². The normalized spacial score (nSPS) is 12.9. The number of hydrogen-bond acceptors (Lipinski definition) is 6. The van der Waals surface area contributed by atoms with E-state index in [0.717, 1.165) is 0 Å². The van der Waals surface area contributed by atoms with Crippen LogP contribution < -0.4 is 5.73 Å². The molecule has 0 bridgehead atoms. The second-order valence-electron chi connectivity index (χ2n) is 1.89. The van der Waals surface area contributed by atoms with Crippen molar-refractivity contribution in [2.24, 2.45) is 5.73 Å². The molecule has 0 spiro atoms. The summed E-state index contributed by atoms with van der Waals surface area (Å²) >= 11 is 3.92. The Morgan fingerprint density at radius 3 is 2.91 bits per heavy atom. The zero-order valence-electron chi connectivity index (χ0n) is 5.60. The second-order valence-corrected chi connectivity index (χ2v) is 2.25. The minimum Gasteiger partial charge on any atom is -0.417 e. The first-order valence-electron chi connectivity index (χ1n) is 2.93. The van der Waals surface area contributed by atoms with E-state index in [4.69, 9.17) is 10.2 Å². The molecule has 0 amide bonds. The first-order chi connectivity index (χ1) is 5.27. The van der Waals surface area contributed by atoms with Crippen LogP contribution in [0.25, 0.3) is 0 Å². The van der Waals surface area contributed by atoms with E-state index in [1.807, 2.05) is 0 Å². The molecular formula is C5H7N3O2S. The molecule has 1 atom stereocenters. The molecule has 0 aliphatic carbocycles. The van der Waals surface area contributed by atoms with Crippen molar-refractivity contribution in [3.05, 3.63) is 11.8 Å². The summed E-state index contributed by atoms with van der Waals surface area (Å²) < 4.78 is 4.82. The predicted octanol–water partition coefficient (Wildman–Crippen LogP) is -0.188. The standard InChI is InChI=1S/C5H7N3O2S/c6-3(2-11)5-8-7-4(1-9)10-5/h1,3,11H,2,6H2. The van der Waals surface area contributed by atoms with Crippen LogP contribution in [0.15, 0.2) is 4.42 Å². The molecule has 0 aromatic carbocycles. The van der Waals surface area contributed by atoms with Crippen LogP contribution in [0.2, 0.25) is 0 Å². The summed E-state index contributed by atoms with van der Waals surface area (Å²) in [7, 11) is 0. The van der Waals surface area contributed by atoms with Crippen LogP contribution in [-0.2, 0) is 0 Å². The maximum absolute atomic E-state index is 10.1. The number of carbonyl (C=O) groups excluding carboxylic acids is 1. The van der Waals surface area contributed by atoms with Crippen molar-refractivity contribution in [3.8, 4) is 0 Å². The lowest BCUT2D eigenvalue weighted by atomic mass is 10.4. The van der Waals surface area contributed by atoms with Crippen molar-refractivity contribution in [1.29, 1.82) is 0 Å². The van der Waals surface area contributed by atoms with E-state index in [9.17, 15) is 4.79 Å². The number of hydrogen-bond donors (Lipinski definition) is 2. The Bertz CT molecular complexity index is 250. The summed E-state index contributed by atoms with van der Waals surface area (Å²) in [4.78, 5) is 10.1. The Kier molecular flexibility index (Phi) is 2.61. The SMILES string of the molecule is NC(CS)c1nnc(C=O)o1. The lowest BCUT2D eigenvalue weighted by Gasteiger charge is -1.98. The zero-order chi connectivity index (χ0) is 8.27. The highest BCUT2D eigenvalue weighted by atomic mass is 32.1. The van der Waals surface area contributed by atoms with Crippen molar-refractivity contribution < 1.29 is 9.21 Å². The van der Waals surface area contributed by atoms with Crippen LogP contribution in [0.3, 0.4) is 0 Å². The monoisotopic (exact) mass is 173 g/mol. The van der Waals surface area contributed by atoms with Gasteiger partial charge in [-0.05, 0) is 0 Å². The van der Waals surface area contributed by atoms with Crippen LogP contribution >= 0.6 is 12.6 Å². The quantitative estimate of drug-likeness (QED) is 0.489. The van der Waals surface area contributed by atoms with E-state index in [-0.39, 0.29) is 11.8 Å². The lowest BCUT2D eigenvalue weighted by molar-refractivity contribution is 0.109. The van der Waals surface area contributed by atoms with Gasteiger partial charge in [-0.25, -0.2) is 0 Å². The highest BCUT2D eigenvalue weighted by molar-refractivity contribution is 7.80. The molecule has 0 radical (unpaired) electrons. The molecule has 1 unspecified atom stereocenters. The van der Waals surface area contributed by atoms with Crippen molar-refractivity contribution in [3.63, 3.8) is 0 Å². The van der Waals surface area contributed by atoms with E-state index in [1.165, 1.54) is 0 Å². The number of carbonyl (C=O) groups is 1. The maximum atomic E-state index is 10.1. The highest BCUT2D eigenvalue weighted by Crippen LogP contribution is 2.08. The van der Waals surface area contributed by atoms with E-state index in [0.29, 0.717) is 12.0 Å². The fourth-order valence-corrected chi connectivity index (χ4v) is 0.678. The summed E-state index contributed by atoms with van der Waals surface area (Å²) in [6.45, 7) is 0. The Labute approximate surface area is 68.4 Å². The van der Waals surface area contributed by atoms with Gasteiger partial charge in [-0.15, -0.1) is 10.2 Å². The Morgan fingerprint density at radius 2 is 2.45 bits per heavy atom. The van der Waals surface area contributed by atoms with Crippen molar-refractivity contribution in [2.45, 2.75) is 6.04 Å². The summed E-state index contributed by atoms with van der Waals surface area (Å²) in [5.74, 6) is 0.583. The smallest absolute Gasteiger partial charge is 0.280 e. The summed E-state index contributed by atoms with van der Waals surface area (Å²) in [5, 5.41) is 6.94. The molecule has 1 heterocycles. The molecule has 11 heavy (non-hydrogen) atoms. The van der Waals surface area contributed by atoms with Gasteiger partial charge in [0, 0.05) is 5.75 Å². The van der Waals surface area contributed by atoms with Gasteiger partial charge in [-0.3, -0.25) is 4.79 Å². The van der Waals surface area contributed by atoms with Crippen LogP contribution in [0, 0.1) is 0 Å². The predicted molar refractivity (Wildman–Crippen MR) is 40.5 cm³/mol. The Hall–Kier alpha value is -0.880. The van der Waals surface area contributed by atoms with Gasteiger partial charge in [0.25, 0.3) is 5.89 Å². The molecule has 1 rings (SSSR count). The van der Waals surface area contributed by atoms with Gasteiger partial charge in [0.15, 0.2) is 0 Å². The molecule has 1 aromatic heterocycles. The molecule has 0 aliphatic heterocycles. The topological polar surface area (TPSA) is 82.0 Å². The molecule has 0 saturated carbocycles. The highest BCUT2D eigenvalue weighted by Gasteiger charge is 2.11. The Balaban J connectivity index is 2.79. The number of nitrogens with two attached hydrogens (primary N) is 1. The fraction of sp³-hybridized carbons (Fsp3) is 0.400.